The van der Waals surface area contributed by atoms with Gasteiger partial charge in [0.15, 0.2) is 11.5 Å². The second kappa shape index (κ2) is 13.2. The molecule has 212 valence electrons. The summed E-state index contributed by atoms with van der Waals surface area (Å²) in [4.78, 5) is 40.1. The molecule has 0 saturated heterocycles. The molecule has 0 spiro atoms. The maximum Gasteiger partial charge on any atom is 0.308 e. The van der Waals surface area contributed by atoms with Crippen molar-refractivity contribution < 1.29 is 28.9 Å². The van der Waals surface area contributed by atoms with Gasteiger partial charge in [-0.15, -0.1) is 0 Å². The van der Waals surface area contributed by atoms with Crippen LogP contribution >= 0.6 is 0 Å². The zero-order valence-electron chi connectivity index (χ0n) is 23.1. The quantitative estimate of drug-likeness (QED) is 0.315. The SMILES string of the molecule is CCCCC(C(=O)N[C@@H](CC(=O)OCC)c1ccc2c(c1)OCO2)n1cc(C)c(O)c(Cc2ccccc2)c1=O. The number of aryl methyl sites for hydroxylation is 1. The van der Waals surface area contributed by atoms with E-state index in [0.29, 0.717) is 35.5 Å². The summed E-state index contributed by atoms with van der Waals surface area (Å²) < 4.78 is 17.5. The molecule has 9 nitrogen and oxygen atoms in total. The summed E-state index contributed by atoms with van der Waals surface area (Å²) in [5, 5.41) is 13.8. The minimum absolute atomic E-state index is 0.0692. The Hall–Kier alpha value is -4.27. The number of ether oxygens (including phenoxy) is 3. The molecule has 9 heteroatoms. The highest BCUT2D eigenvalue weighted by Gasteiger charge is 2.29. The molecule has 0 bridgehead atoms. The largest absolute Gasteiger partial charge is 0.507 e. The Morgan fingerprint density at radius 1 is 1.10 bits per heavy atom. The Morgan fingerprint density at radius 3 is 2.58 bits per heavy atom. The number of unbranched alkanes of at least 4 members (excludes halogenated alkanes) is 1. The van der Waals surface area contributed by atoms with Crippen LogP contribution in [0.4, 0.5) is 0 Å². The van der Waals surface area contributed by atoms with Crippen LogP contribution in [-0.2, 0) is 20.7 Å². The van der Waals surface area contributed by atoms with Gasteiger partial charge in [0.1, 0.15) is 11.8 Å². The van der Waals surface area contributed by atoms with Gasteiger partial charge in [0.2, 0.25) is 12.7 Å². The summed E-state index contributed by atoms with van der Waals surface area (Å²) in [5.41, 5.74) is 1.84. The van der Waals surface area contributed by atoms with Crippen molar-refractivity contribution in [3.05, 3.63) is 87.3 Å². The molecule has 40 heavy (non-hydrogen) atoms. The lowest BCUT2D eigenvalue weighted by Gasteiger charge is -2.25. The van der Waals surface area contributed by atoms with Gasteiger partial charge in [-0.1, -0.05) is 56.2 Å². The highest BCUT2D eigenvalue weighted by molar-refractivity contribution is 5.82. The van der Waals surface area contributed by atoms with Crippen LogP contribution in [0.3, 0.4) is 0 Å². The zero-order valence-corrected chi connectivity index (χ0v) is 23.1. The molecule has 2 atom stereocenters. The molecule has 2 heterocycles. The minimum Gasteiger partial charge on any atom is -0.507 e. The molecule has 1 aliphatic rings. The number of carbonyl (C=O) groups excluding carboxylic acids is 2. The van der Waals surface area contributed by atoms with E-state index >= 15 is 0 Å². The molecule has 2 N–H and O–H groups in total. The smallest absolute Gasteiger partial charge is 0.308 e. The van der Waals surface area contributed by atoms with Crippen molar-refractivity contribution in [1.29, 1.82) is 0 Å². The van der Waals surface area contributed by atoms with E-state index in [2.05, 4.69) is 5.32 Å². The minimum atomic E-state index is -0.847. The van der Waals surface area contributed by atoms with E-state index in [4.69, 9.17) is 14.2 Å². The van der Waals surface area contributed by atoms with Crippen LogP contribution in [0.5, 0.6) is 17.2 Å². The third-order valence-corrected chi connectivity index (χ3v) is 6.97. The van der Waals surface area contributed by atoms with Gasteiger partial charge in [0, 0.05) is 18.2 Å². The maximum absolute atomic E-state index is 13.9. The number of esters is 1. The van der Waals surface area contributed by atoms with E-state index in [1.807, 2.05) is 37.3 Å². The van der Waals surface area contributed by atoms with Gasteiger partial charge in [0.05, 0.1) is 24.6 Å². The molecule has 1 aromatic heterocycles. The maximum atomic E-state index is 13.9. The Balaban J connectivity index is 1.69. The van der Waals surface area contributed by atoms with Crippen molar-refractivity contribution in [2.24, 2.45) is 0 Å². The van der Waals surface area contributed by atoms with E-state index in [0.717, 1.165) is 12.0 Å². The lowest BCUT2D eigenvalue weighted by Crippen LogP contribution is -2.40. The average molecular weight is 549 g/mol. The number of aromatic hydroxyl groups is 1. The lowest BCUT2D eigenvalue weighted by molar-refractivity contribution is -0.143. The van der Waals surface area contributed by atoms with Crippen molar-refractivity contribution in [3.63, 3.8) is 0 Å². The van der Waals surface area contributed by atoms with Crippen LogP contribution in [0.25, 0.3) is 0 Å². The van der Waals surface area contributed by atoms with Crippen molar-refractivity contribution >= 4 is 11.9 Å². The summed E-state index contributed by atoms with van der Waals surface area (Å²) in [6.07, 6.45) is 3.60. The van der Waals surface area contributed by atoms with Crippen molar-refractivity contribution in [2.45, 2.75) is 65.0 Å². The van der Waals surface area contributed by atoms with Crippen LogP contribution < -0.4 is 20.3 Å². The number of amides is 1. The summed E-state index contributed by atoms with van der Waals surface area (Å²) in [6, 6.07) is 13.1. The predicted octanol–water partition coefficient (Wildman–Crippen LogP) is 4.72. The van der Waals surface area contributed by atoms with Gasteiger partial charge in [-0.3, -0.25) is 14.4 Å². The number of nitrogens with zero attached hydrogens (tertiary/aromatic N) is 1. The Bertz CT molecular complexity index is 1400. The summed E-state index contributed by atoms with van der Waals surface area (Å²) in [7, 11) is 0. The third kappa shape index (κ3) is 6.65. The average Bonchev–Trinajstić information content (AvgIpc) is 3.42. The van der Waals surface area contributed by atoms with Gasteiger partial charge >= 0.3 is 5.97 Å². The van der Waals surface area contributed by atoms with Crippen molar-refractivity contribution in [2.75, 3.05) is 13.4 Å². The normalized spacial score (nSPS) is 13.5. The molecule has 1 aliphatic heterocycles. The number of rotatable bonds is 12. The molecule has 0 aliphatic carbocycles. The number of pyridine rings is 1. The van der Waals surface area contributed by atoms with E-state index in [1.165, 1.54) is 10.8 Å². The Labute approximate surface area is 233 Å². The van der Waals surface area contributed by atoms with E-state index in [1.54, 1.807) is 32.0 Å². The summed E-state index contributed by atoms with van der Waals surface area (Å²) >= 11 is 0. The number of benzene rings is 2. The van der Waals surface area contributed by atoms with Gasteiger partial charge in [-0.25, -0.2) is 0 Å². The predicted molar refractivity (Wildman–Crippen MR) is 150 cm³/mol. The monoisotopic (exact) mass is 548 g/mol. The highest BCUT2D eigenvalue weighted by atomic mass is 16.7. The van der Waals surface area contributed by atoms with Crippen LogP contribution in [0, 0.1) is 6.92 Å². The van der Waals surface area contributed by atoms with Crippen LogP contribution in [0.2, 0.25) is 0 Å². The first kappa shape index (κ1) is 28.7. The molecule has 4 rings (SSSR count). The van der Waals surface area contributed by atoms with Gasteiger partial charge in [0.25, 0.3) is 5.56 Å². The van der Waals surface area contributed by atoms with E-state index in [-0.39, 0.29) is 37.6 Å². The van der Waals surface area contributed by atoms with Gasteiger partial charge in [-0.05, 0) is 43.5 Å². The van der Waals surface area contributed by atoms with Crippen LogP contribution in [0.1, 0.15) is 73.9 Å². The first-order valence-corrected chi connectivity index (χ1v) is 13.6. The molecule has 0 saturated carbocycles. The Kier molecular flexibility index (Phi) is 9.47. The van der Waals surface area contributed by atoms with Crippen molar-refractivity contribution in [1.82, 2.24) is 9.88 Å². The topological polar surface area (TPSA) is 116 Å². The van der Waals surface area contributed by atoms with Gasteiger partial charge < -0.3 is 29.2 Å². The molecule has 0 radical (unpaired) electrons. The molecule has 3 aromatic rings. The lowest BCUT2D eigenvalue weighted by atomic mass is 10.0. The molecular formula is C31H36N2O7. The molecule has 1 amide bonds. The van der Waals surface area contributed by atoms with Crippen LogP contribution in [0.15, 0.2) is 59.5 Å². The fourth-order valence-electron chi connectivity index (χ4n) is 4.84. The van der Waals surface area contributed by atoms with Crippen molar-refractivity contribution in [3.8, 4) is 17.2 Å². The fourth-order valence-corrected chi connectivity index (χ4v) is 4.84. The number of nitrogens with one attached hydrogen (secondary N) is 1. The standard InChI is InChI=1S/C31H36N2O7/c1-4-6-12-25(33-18-20(3)29(35)23(31(33)37)15-21-10-8-7-9-11-21)30(36)32-24(17-28(34)38-5-2)22-13-14-26-27(16-22)40-19-39-26/h7-11,13-14,16,18,24-25,35H,4-6,12,15,17,19H2,1-3H3,(H,32,36)/t24-,25?/m0/s1. The molecule has 2 aromatic carbocycles. The summed E-state index contributed by atoms with van der Waals surface area (Å²) in [6.45, 7) is 5.76. The number of fused-ring (bicyclic) bond motifs is 1. The number of hydrogen-bond donors (Lipinski definition) is 2. The number of hydrogen-bond acceptors (Lipinski definition) is 7. The van der Waals surface area contributed by atoms with E-state index < -0.39 is 29.5 Å². The molecule has 0 fully saturated rings. The Morgan fingerprint density at radius 2 is 1.85 bits per heavy atom. The number of carbonyl (C=O) groups is 2. The number of aromatic nitrogens is 1. The fraction of sp³-hybridized carbons (Fsp3) is 0.387. The second-order valence-electron chi connectivity index (χ2n) is 9.86. The van der Waals surface area contributed by atoms with Crippen LogP contribution in [-0.4, -0.2) is 34.9 Å². The second-order valence-corrected chi connectivity index (χ2v) is 9.86. The van der Waals surface area contributed by atoms with Gasteiger partial charge in [-0.2, -0.15) is 0 Å². The zero-order chi connectivity index (χ0) is 28.6. The molecule has 1 unspecified atom stereocenters. The molecular weight excluding hydrogens is 512 g/mol. The summed E-state index contributed by atoms with van der Waals surface area (Å²) in [5.74, 6) is 0.179. The van der Waals surface area contributed by atoms with E-state index in [9.17, 15) is 19.5 Å². The first-order valence-electron chi connectivity index (χ1n) is 13.6. The third-order valence-electron chi connectivity index (χ3n) is 6.97. The first-order chi connectivity index (χ1) is 19.3. The highest BCUT2D eigenvalue weighted by Crippen LogP contribution is 2.35.